The number of hydrogen-bond donors (Lipinski definition) is 2. The maximum atomic E-state index is 10.1. The first kappa shape index (κ1) is 17.0. The molecule has 1 aromatic carbocycles. The number of rotatable bonds is 6. The van der Waals surface area contributed by atoms with E-state index in [4.69, 9.17) is 10.5 Å². The number of ether oxygens (including phenoxy) is 1. The molecule has 0 fully saturated rings. The van der Waals surface area contributed by atoms with Crippen LogP contribution in [-0.2, 0) is 0 Å². The topological polar surface area (TPSA) is 55.5 Å². The number of hydrogen-bond acceptors (Lipinski definition) is 3. The minimum atomic E-state index is -0.494. The molecule has 20 heavy (non-hydrogen) atoms. The molecule has 2 atom stereocenters. The summed E-state index contributed by atoms with van der Waals surface area (Å²) in [4.78, 5) is 0. The lowest BCUT2D eigenvalue weighted by atomic mass is 9.96. The van der Waals surface area contributed by atoms with Crippen LogP contribution in [0.15, 0.2) is 24.3 Å². The van der Waals surface area contributed by atoms with E-state index in [1.54, 1.807) is 0 Å². The summed E-state index contributed by atoms with van der Waals surface area (Å²) in [5.41, 5.74) is 6.85. The van der Waals surface area contributed by atoms with Gasteiger partial charge in [-0.3, -0.25) is 0 Å². The van der Waals surface area contributed by atoms with Crippen LogP contribution in [0.3, 0.4) is 0 Å². The van der Waals surface area contributed by atoms with Crippen molar-refractivity contribution in [2.75, 3.05) is 0 Å². The summed E-state index contributed by atoms with van der Waals surface area (Å²) in [5, 5.41) is 10.1. The normalized spacial score (nSPS) is 15.2. The highest BCUT2D eigenvalue weighted by Crippen LogP contribution is 2.23. The summed E-state index contributed by atoms with van der Waals surface area (Å²) >= 11 is 0. The van der Waals surface area contributed by atoms with Gasteiger partial charge in [0.2, 0.25) is 0 Å². The lowest BCUT2D eigenvalue weighted by molar-refractivity contribution is 0.126. The molecule has 0 radical (unpaired) electrons. The molecular weight excluding hydrogens is 250 g/mol. The van der Waals surface area contributed by atoms with Gasteiger partial charge in [0.1, 0.15) is 11.4 Å². The monoisotopic (exact) mass is 279 g/mol. The molecule has 0 spiro atoms. The van der Waals surface area contributed by atoms with Gasteiger partial charge in [-0.05, 0) is 57.2 Å². The van der Waals surface area contributed by atoms with E-state index in [1.165, 1.54) is 0 Å². The molecule has 114 valence electrons. The van der Waals surface area contributed by atoms with E-state index in [0.717, 1.165) is 24.2 Å². The molecule has 0 saturated carbocycles. The fourth-order valence-electron chi connectivity index (χ4n) is 2.02. The van der Waals surface area contributed by atoms with Crippen molar-refractivity contribution < 1.29 is 9.84 Å². The van der Waals surface area contributed by atoms with Gasteiger partial charge in [-0.1, -0.05) is 26.0 Å². The third kappa shape index (κ3) is 5.93. The third-order valence-corrected chi connectivity index (χ3v) is 3.14. The standard InChI is InChI=1S/C17H29NO2/c1-12(2)6-11-15(19)16(18)13-7-9-14(10-8-13)20-17(3,4)5/h7-10,12,15-16,19H,6,11,18H2,1-5H3/t15-,16+/m0/s1. The van der Waals surface area contributed by atoms with Crippen molar-refractivity contribution in [2.24, 2.45) is 11.7 Å². The fraction of sp³-hybridized carbons (Fsp3) is 0.647. The van der Waals surface area contributed by atoms with Crippen molar-refractivity contribution in [1.29, 1.82) is 0 Å². The summed E-state index contributed by atoms with van der Waals surface area (Å²) in [5.74, 6) is 1.41. The summed E-state index contributed by atoms with van der Waals surface area (Å²) < 4.78 is 5.77. The van der Waals surface area contributed by atoms with Gasteiger partial charge in [-0.15, -0.1) is 0 Å². The molecule has 0 unspecified atom stereocenters. The van der Waals surface area contributed by atoms with Crippen molar-refractivity contribution in [1.82, 2.24) is 0 Å². The van der Waals surface area contributed by atoms with Gasteiger partial charge in [0, 0.05) is 0 Å². The first-order chi connectivity index (χ1) is 9.19. The second-order valence-electron chi connectivity index (χ2n) is 6.85. The molecule has 0 amide bonds. The molecule has 3 nitrogen and oxygen atoms in total. The maximum Gasteiger partial charge on any atom is 0.120 e. The number of benzene rings is 1. The largest absolute Gasteiger partial charge is 0.488 e. The van der Waals surface area contributed by atoms with Gasteiger partial charge in [0.05, 0.1) is 12.1 Å². The highest BCUT2D eigenvalue weighted by atomic mass is 16.5. The summed E-state index contributed by atoms with van der Waals surface area (Å²) in [6.07, 6.45) is 1.23. The Bertz CT molecular complexity index is 392. The predicted octanol–water partition coefficient (Wildman–Crippen LogP) is 3.66. The van der Waals surface area contributed by atoms with Crippen LogP contribution in [0.1, 0.15) is 59.1 Å². The predicted molar refractivity (Wildman–Crippen MR) is 83.8 cm³/mol. The first-order valence-electron chi connectivity index (χ1n) is 7.41. The van der Waals surface area contributed by atoms with Crippen molar-refractivity contribution in [3.05, 3.63) is 29.8 Å². The third-order valence-electron chi connectivity index (χ3n) is 3.14. The zero-order valence-electron chi connectivity index (χ0n) is 13.4. The summed E-state index contributed by atoms with van der Waals surface area (Å²) in [6.45, 7) is 10.3. The van der Waals surface area contributed by atoms with Gasteiger partial charge in [-0.2, -0.15) is 0 Å². The van der Waals surface area contributed by atoms with Crippen molar-refractivity contribution in [3.63, 3.8) is 0 Å². The first-order valence-corrected chi connectivity index (χ1v) is 7.41. The van der Waals surface area contributed by atoms with Crippen LogP contribution >= 0.6 is 0 Å². The Hall–Kier alpha value is -1.06. The molecule has 0 aromatic heterocycles. The Morgan fingerprint density at radius 3 is 2.10 bits per heavy atom. The van der Waals surface area contributed by atoms with Crippen LogP contribution in [-0.4, -0.2) is 16.8 Å². The Kier molecular flexibility index (Phi) is 6.03. The van der Waals surface area contributed by atoms with E-state index < -0.39 is 6.10 Å². The molecule has 1 rings (SSSR count). The molecule has 0 aliphatic carbocycles. The van der Waals surface area contributed by atoms with Crippen LogP contribution in [0, 0.1) is 5.92 Å². The minimum absolute atomic E-state index is 0.208. The van der Waals surface area contributed by atoms with E-state index in [-0.39, 0.29) is 11.6 Å². The van der Waals surface area contributed by atoms with Crippen LogP contribution < -0.4 is 10.5 Å². The highest BCUT2D eigenvalue weighted by Gasteiger charge is 2.18. The van der Waals surface area contributed by atoms with E-state index in [0.29, 0.717) is 5.92 Å². The summed E-state index contributed by atoms with van der Waals surface area (Å²) in [6, 6.07) is 7.36. The van der Waals surface area contributed by atoms with Gasteiger partial charge in [0.25, 0.3) is 0 Å². The second-order valence-corrected chi connectivity index (χ2v) is 6.85. The van der Waals surface area contributed by atoms with Crippen LogP contribution in [0.2, 0.25) is 0 Å². The zero-order chi connectivity index (χ0) is 15.3. The van der Waals surface area contributed by atoms with Crippen molar-refractivity contribution in [2.45, 2.75) is 65.2 Å². The fourth-order valence-corrected chi connectivity index (χ4v) is 2.02. The maximum absolute atomic E-state index is 10.1. The Balaban J connectivity index is 2.63. The van der Waals surface area contributed by atoms with Gasteiger partial charge >= 0.3 is 0 Å². The van der Waals surface area contributed by atoms with Crippen LogP contribution in [0.4, 0.5) is 0 Å². The summed E-state index contributed by atoms with van der Waals surface area (Å²) in [7, 11) is 0. The van der Waals surface area contributed by atoms with Gasteiger partial charge in [-0.25, -0.2) is 0 Å². The highest BCUT2D eigenvalue weighted by molar-refractivity contribution is 5.30. The Labute approximate surface area is 123 Å². The van der Waals surface area contributed by atoms with Crippen LogP contribution in [0.5, 0.6) is 5.75 Å². The SMILES string of the molecule is CC(C)CC[C@H](O)[C@H](N)c1ccc(OC(C)(C)C)cc1. The molecule has 0 saturated heterocycles. The minimum Gasteiger partial charge on any atom is -0.488 e. The zero-order valence-corrected chi connectivity index (χ0v) is 13.4. The number of nitrogens with two attached hydrogens (primary N) is 1. The van der Waals surface area contributed by atoms with Gasteiger partial charge in [0.15, 0.2) is 0 Å². The smallest absolute Gasteiger partial charge is 0.120 e. The second kappa shape index (κ2) is 7.09. The van der Waals surface area contributed by atoms with Crippen LogP contribution in [0.25, 0.3) is 0 Å². The van der Waals surface area contributed by atoms with E-state index >= 15 is 0 Å². The van der Waals surface area contributed by atoms with Crippen molar-refractivity contribution >= 4 is 0 Å². The quantitative estimate of drug-likeness (QED) is 0.835. The average molecular weight is 279 g/mol. The number of aliphatic hydroxyl groups excluding tert-OH is 1. The Morgan fingerprint density at radius 2 is 1.65 bits per heavy atom. The molecule has 0 bridgehead atoms. The lowest BCUT2D eigenvalue weighted by Crippen LogP contribution is -2.26. The molecule has 0 aliphatic rings. The molecule has 1 aromatic rings. The Morgan fingerprint density at radius 1 is 1.10 bits per heavy atom. The van der Waals surface area contributed by atoms with Crippen molar-refractivity contribution in [3.8, 4) is 5.75 Å². The lowest BCUT2D eigenvalue weighted by Gasteiger charge is -2.23. The number of aliphatic hydroxyl groups is 1. The van der Waals surface area contributed by atoms with E-state index in [1.807, 2.05) is 45.0 Å². The molecule has 3 N–H and O–H groups in total. The van der Waals surface area contributed by atoms with E-state index in [2.05, 4.69) is 13.8 Å². The molecule has 0 heterocycles. The molecule has 0 aliphatic heterocycles. The molecule has 3 heteroatoms. The van der Waals surface area contributed by atoms with E-state index in [9.17, 15) is 5.11 Å². The van der Waals surface area contributed by atoms with Gasteiger partial charge < -0.3 is 15.6 Å². The average Bonchev–Trinajstić information content (AvgIpc) is 2.34. The molecular formula is C17H29NO2.